The minimum absolute atomic E-state index is 0.908. The Labute approximate surface area is 155 Å². The summed E-state index contributed by atoms with van der Waals surface area (Å²) in [6, 6.07) is 17.1. The number of hydrogen-bond donors (Lipinski definition) is 1. The summed E-state index contributed by atoms with van der Waals surface area (Å²) >= 11 is 0. The molecule has 3 aromatic rings. The molecule has 0 saturated carbocycles. The lowest BCUT2D eigenvalue weighted by Gasteiger charge is -2.07. The van der Waals surface area contributed by atoms with Gasteiger partial charge in [0, 0.05) is 0 Å². The molecule has 0 unspecified atom stereocenters. The average molecular weight is 348 g/mol. The maximum absolute atomic E-state index is 5.62. The maximum Gasteiger partial charge on any atom is 0.362 e. The number of nitrogens with one attached hydrogen (secondary N) is 1. The molecule has 0 saturated heterocycles. The minimum atomic E-state index is 0.908. The van der Waals surface area contributed by atoms with E-state index in [0.29, 0.717) is 0 Å². The molecular weight excluding hydrogens is 322 g/mol. The first kappa shape index (κ1) is 16.7. The number of fused-ring (bicyclic) bond motifs is 1. The number of methoxy groups -OCH3 is 1. The Morgan fingerprint density at radius 3 is 2.65 bits per heavy atom. The summed E-state index contributed by atoms with van der Waals surface area (Å²) in [5.74, 6) is 2.05. The molecule has 0 bridgehead atoms. The molecule has 1 aliphatic heterocycles. The average Bonchev–Trinajstić information content (AvgIpc) is 2.88. The first-order valence-electron chi connectivity index (χ1n) is 9.43. The van der Waals surface area contributed by atoms with Crippen molar-refractivity contribution in [1.29, 1.82) is 0 Å². The predicted molar refractivity (Wildman–Crippen MR) is 105 cm³/mol. The molecule has 26 heavy (non-hydrogen) atoms. The van der Waals surface area contributed by atoms with E-state index in [4.69, 9.17) is 4.74 Å². The van der Waals surface area contributed by atoms with Gasteiger partial charge in [-0.3, -0.25) is 5.32 Å². The molecule has 1 aliphatic rings. The maximum atomic E-state index is 5.62. The van der Waals surface area contributed by atoms with Gasteiger partial charge in [0.15, 0.2) is 0 Å². The first-order chi connectivity index (χ1) is 12.8. The van der Waals surface area contributed by atoms with Gasteiger partial charge in [0.1, 0.15) is 23.3 Å². The number of para-hydroxylation sites is 1. The summed E-state index contributed by atoms with van der Waals surface area (Å²) in [7, 11) is 1.74. The Morgan fingerprint density at radius 1 is 1.08 bits per heavy atom. The molecule has 4 rings (SSSR count). The van der Waals surface area contributed by atoms with Crippen LogP contribution in [0.15, 0.2) is 54.7 Å². The summed E-state index contributed by atoms with van der Waals surface area (Å²) in [6.07, 6.45) is 5.64. The smallest absolute Gasteiger partial charge is 0.362 e. The highest BCUT2D eigenvalue weighted by molar-refractivity contribution is 5.66. The number of nitrogens with zero attached hydrogens (tertiary/aromatic N) is 2. The van der Waals surface area contributed by atoms with E-state index in [-0.39, 0.29) is 0 Å². The normalized spacial score (nSPS) is 13.6. The predicted octanol–water partition coefficient (Wildman–Crippen LogP) is 4.21. The Bertz CT molecular complexity index is 896. The highest BCUT2D eigenvalue weighted by Crippen LogP contribution is 2.31. The standard InChI is InChI=1S/C22H25N3O/c1-3-17-10-12-18(13-11-17)25-16-20(19-8-4-5-9-21(19)26-2)24-15-7-6-14-23-22(24)25/h4-5,8-13,16H,3,6-7,14-15H2,1-2H3/p+1. The Morgan fingerprint density at radius 2 is 1.88 bits per heavy atom. The van der Waals surface area contributed by atoms with Crippen LogP contribution in [0.25, 0.3) is 16.9 Å². The monoisotopic (exact) mass is 348 g/mol. The van der Waals surface area contributed by atoms with Crippen LogP contribution in [0.5, 0.6) is 5.75 Å². The number of hydrogen-bond acceptors (Lipinski definition) is 2. The zero-order chi connectivity index (χ0) is 17.9. The van der Waals surface area contributed by atoms with Gasteiger partial charge >= 0.3 is 5.95 Å². The summed E-state index contributed by atoms with van der Waals surface area (Å²) < 4.78 is 10.3. The fourth-order valence-electron chi connectivity index (χ4n) is 3.66. The number of benzene rings is 2. The Hall–Kier alpha value is -2.75. The molecule has 2 heterocycles. The second-order valence-corrected chi connectivity index (χ2v) is 6.71. The van der Waals surface area contributed by atoms with Crippen LogP contribution in [0.2, 0.25) is 0 Å². The van der Waals surface area contributed by atoms with E-state index in [9.17, 15) is 0 Å². The van der Waals surface area contributed by atoms with Crippen LogP contribution in [0.3, 0.4) is 0 Å². The van der Waals surface area contributed by atoms with Crippen LogP contribution in [0, 0.1) is 0 Å². The number of rotatable bonds is 4. The summed E-state index contributed by atoms with van der Waals surface area (Å²) in [5, 5.41) is 3.63. The molecule has 4 nitrogen and oxygen atoms in total. The summed E-state index contributed by atoms with van der Waals surface area (Å²) in [5.41, 5.74) is 4.86. The lowest BCUT2D eigenvalue weighted by Crippen LogP contribution is -2.36. The second-order valence-electron chi connectivity index (χ2n) is 6.71. The fraction of sp³-hybridized carbons (Fsp3) is 0.318. The molecule has 4 heteroatoms. The lowest BCUT2D eigenvalue weighted by atomic mass is 10.1. The van der Waals surface area contributed by atoms with Crippen molar-refractivity contribution in [2.75, 3.05) is 19.0 Å². The van der Waals surface area contributed by atoms with Crippen molar-refractivity contribution in [2.24, 2.45) is 0 Å². The number of ether oxygens (including phenoxy) is 1. The van der Waals surface area contributed by atoms with E-state index in [0.717, 1.165) is 36.8 Å². The van der Waals surface area contributed by atoms with Crippen LogP contribution >= 0.6 is 0 Å². The van der Waals surface area contributed by atoms with Crippen LogP contribution in [-0.2, 0) is 13.0 Å². The number of anilines is 1. The summed E-state index contributed by atoms with van der Waals surface area (Å²) in [4.78, 5) is 0. The summed E-state index contributed by atoms with van der Waals surface area (Å²) in [6.45, 7) is 4.20. The molecule has 1 N–H and O–H groups in total. The van der Waals surface area contributed by atoms with Gasteiger partial charge in [0.2, 0.25) is 0 Å². The van der Waals surface area contributed by atoms with E-state index in [2.05, 4.69) is 64.0 Å². The van der Waals surface area contributed by atoms with Gasteiger partial charge < -0.3 is 4.74 Å². The minimum Gasteiger partial charge on any atom is -0.496 e. The highest BCUT2D eigenvalue weighted by atomic mass is 16.5. The van der Waals surface area contributed by atoms with E-state index in [1.807, 2.05) is 12.1 Å². The van der Waals surface area contributed by atoms with Gasteiger partial charge in [-0.05, 0) is 49.1 Å². The molecule has 0 fully saturated rings. The van der Waals surface area contributed by atoms with Crippen molar-refractivity contribution in [3.05, 3.63) is 60.3 Å². The van der Waals surface area contributed by atoms with Gasteiger partial charge in [-0.2, -0.15) is 0 Å². The van der Waals surface area contributed by atoms with Crippen molar-refractivity contribution in [1.82, 2.24) is 4.57 Å². The molecule has 0 radical (unpaired) electrons. The molecule has 2 aromatic carbocycles. The number of aromatic nitrogens is 2. The quantitative estimate of drug-likeness (QED) is 0.716. The van der Waals surface area contributed by atoms with Crippen LogP contribution < -0.4 is 14.6 Å². The van der Waals surface area contributed by atoms with Crippen molar-refractivity contribution >= 4 is 5.95 Å². The molecular formula is C22H26N3O+. The van der Waals surface area contributed by atoms with Crippen molar-refractivity contribution in [2.45, 2.75) is 32.7 Å². The third-order valence-electron chi connectivity index (χ3n) is 5.12. The molecule has 0 spiro atoms. The van der Waals surface area contributed by atoms with E-state index < -0.39 is 0 Å². The molecule has 0 aliphatic carbocycles. The fourth-order valence-corrected chi connectivity index (χ4v) is 3.66. The van der Waals surface area contributed by atoms with E-state index >= 15 is 0 Å². The van der Waals surface area contributed by atoms with Crippen LogP contribution in [-0.4, -0.2) is 18.2 Å². The van der Waals surface area contributed by atoms with Gasteiger partial charge in [-0.25, -0.2) is 9.13 Å². The third kappa shape index (κ3) is 2.96. The van der Waals surface area contributed by atoms with Crippen molar-refractivity contribution in [3.8, 4) is 22.7 Å². The molecule has 0 amide bonds. The first-order valence-corrected chi connectivity index (χ1v) is 9.43. The van der Waals surface area contributed by atoms with Crippen LogP contribution in [0.1, 0.15) is 25.3 Å². The third-order valence-corrected chi connectivity index (χ3v) is 5.12. The molecule has 134 valence electrons. The largest absolute Gasteiger partial charge is 0.496 e. The van der Waals surface area contributed by atoms with Gasteiger partial charge in [0.05, 0.1) is 25.8 Å². The zero-order valence-electron chi connectivity index (χ0n) is 15.5. The van der Waals surface area contributed by atoms with Crippen LogP contribution in [0.4, 0.5) is 5.95 Å². The van der Waals surface area contributed by atoms with E-state index in [1.54, 1.807) is 7.11 Å². The molecule has 1 aromatic heterocycles. The number of aryl methyl sites for hydroxylation is 1. The Balaban J connectivity index is 1.88. The lowest BCUT2D eigenvalue weighted by molar-refractivity contribution is -0.670. The van der Waals surface area contributed by atoms with Crippen molar-refractivity contribution < 1.29 is 9.30 Å². The highest BCUT2D eigenvalue weighted by Gasteiger charge is 2.27. The molecule has 0 atom stereocenters. The number of imidazole rings is 1. The van der Waals surface area contributed by atoms with Crippen molar-refractivity contribution in [3.63, 3.8) is 0 Å². The van der Waals surface area contributed by atoms with Gasteiger partial charge in [0.25, 0.3) is 0 Å². The Kier molecular flexibility index (Phi) is 4.65. The topological polar surface area (TPSA) is 30.1 Å². The SMILES string of the molecule is CCc1ccc(-n2cc(-c3ccccc3OC)[n+]3c2NCCCC3)cc1. The van der Waals surface area contributed by atoms with Gasteiger partial charge in [-0.15, -0.1) is 0 Å². The van der Waals surface area contributed by atoms with Gasteiger partial charge in [-0.1, -0.05) is 31.2 Å². The van der Waals surface area contributed by atoms with E-state index in [1.165, 1.54) is 29.8 Å². The second kappa shape index (κ2) is 7.24. The zero-order valence-corrected chi connectivity index (χ0v) is 15.5.